The van der Waals surface area contributed by atoms with E-state index in [-0.39, 0.29) is 11.7 Å². The number of nitrogens with zero attached hydrogens (tertiary/aromatic N) is 1. The van der Waals surface area contributed by atoms with Gasteiger partial charge in [0.25, 0.3) is 0 Å². The first-order valence-corrected chi connectivity index (χ1v) is 8.78. The minimum absolute atomic E-state index is 0.195. The van der Waals surface area contributed by atoms with E-state index in [0.29, 0.717) is 0 Å². The Morgan fingerprint density at radius 1 is 0.680 bits per heavy atom. The molecule has 0 aliphatic rings. The zero-order valence-corrected chi connectivity index (χ0v) is 15.2. The van der Waals surface area contributed by atoms with E-state index < -0.39 is 0 Å². The third kappa shape index (κ3) is 3.11. The van der Waals surface area contributed by atoms with Crippen LogP contribution >= 0.6 is 0 Å². The molecule has 1 unspecified atom stereocenters. The molecule has 1 N–H and O–H groups in total. The molecule has 0 aliphatic heterocycles. The average Bonchev–Trinajstić information content (AvgIpc) is 2.70. The molecular formula is C23H26N2. The summed E-state index contributed by atoms with van der Waals surface area (Å²) in [6.45, 7) is 2.20. The Morgan fingerprint density at radius 3 is 1.28 bits per heavy atom. The molecule has 0 aromatic heterocycles. The quantitative estimate of drug-likeness (QED) is 0.530. The van der Waals surface area contributed by atoms with Crippen LogP contribution in [-0.2, 0) is 5.54 Å². The number of hydrogen-bond acceptors (Lipinski definition) is 2. The van der Waals surface area contributed by atoms with Crippen LogP contribution in [0.5, 0.6) is 0 Å². The highest BCUT2D eigenvalue weighted by Crippen LogP contribution is 2.42. The van der Waals surface area contributed by atoms with Crippen LogP contribution in [0.15, 0.2) is 91.0 Å². The maximum atomic E-state index is 3.41. The molecule has 0 aliphatic carbocycles. The molecule has 0 radical (unpaired) electrons. The molecule has 0 saturated carbocycles. The van der Waals surface area contributed by atoms with Gasteiger partial charge in [0, 0.05) is 0 Å². The van der Waals surface area contributed by atoms with Gasteiger partial charge in [-0.2, -0.15) is 0 Å². The summed E-state index contributed by atoms with van der Waals surface area (Å²) in [7, 11) is 4.20. The average molecular weight is 330 g/mol. The Kier molecular flexibility index (Phi) is 5.32. The Bertz CT molecular complexity index is 672. The highest BCUT2D eigenvalue weighted by Gasteiger charge is 2.41. The molecule has 3 rings (SSSR count). The van der Waals surface area contributed by atoms with Crippen LogP contribution in [-0.4, -0.2) is 25.2 Å². The van der Waals surface area contributed by atoms with E-state index in [0.717, 1.165) is 0 Å². The summed E-state index contributed by atoms with van der Waals surface area (Å²) in [5, 5.41) is 3.41. The maximum absolute atomic E-state index is 3.41. The lowest BCUT2D eigenvalue weighted by Crippen LogP contribution is -2.53. The smallest absolute Gasteiger partial charge is 0.0982 e. The van der Waals surface area contributed by atoms with Crippen LogP contribution in [0.4, 0.5) is 0 Å². The summed E-state index contributed by atoms with van der Waals surface area (Å²) >= 11 is 0. The van der Waals surface area contributed by atoms with Crippen molar-refractivity contribution in [1.29, 1.82) is 0 Å². The molecule has 2 heteroatoms. The normalized spacial score (nSPS) is 13.0. The van der Waals surface area contributed by atoms with Crippen molar-refractivity contribution in [2.75, 3.05) is 14.1 Å². The van der Waals surface area contributed by atoms with Crippen molar-refractivity contribution >= 4 is 0 Å². The lowest BCUT2D eigenvalue weighted by atomic mass is 9.75. The first kappa shape index (κ1) is 17.4. The molecule has 0 heterocycles. The summed E-state index contributed by atoms with van der Waals surface area (Å²) in [5.41, 5.74) is 3.41. The summed E-state index contributed by atoms with van der Waals surface area (Å²) in [6.07, 6.45) is 0.195. The molecule has 0 saturated heterocycles. The van der Waals surface area contributed by atoms with Gasteiger partial charge >= 0.3 is 0 Å². The molecule has 0 fully saturated rings. The van der Waals surface area contributed by atoms with Gasteiger partial charge in [-0.15, -0.1) is 0 Å². The van der Waals surface area contributed by atoms with Gasteiger partial charge in [0.2, 0.25) is 0 Å². The predicted molar refractivity (Wildman–Crippen MR) is 105 cm³/mol. The SMILES string of the molecule is CNC(C)N(C)C(c1ccccc1)(c1ccccc1)c1ccccc1. The van der Waals surface area contributed by atoms with Crippen LogP contribution in [0, 0.1) is 0 Å². The molecular weight excluding hydrogens is 304 g/mol. The van der Waals surface area contributed by atoms with Crippen LogP contribution in [0.3, 0.4) is 0 Å². The van der Waals surface area contributed by atoms with Crippen LogP contribution < -0.4 is 5.32 Å². The van der Waals surface area contributed by atoms with Crippen molar-refractivity contribution in [1.82, 2.24) is 10.2 Å². The van der Waals surface area contributed by atoms with Crippen molar-refractivity contribution in [2.45, 2.75) is 18.6 Å². The monoisotopic (exact) mass is 330 g/mol. The fourth-order valence-electron chi connectivity index (χ4n) is 3.63. The third-order valence-corrected chi connectivity index (χ3v) is 5.10. The number of hydrogen-bond donors (Lipinski definition) is 1. The fraction of sp³-hybridized carbons (Fsp3) is 0.217. The molecule has 0 bridgehead atoms. The van der Waals surface area contributed by atoms with Crippen molar-refractivity contribution in [3.05, 3.63) is 108 Å². The number of benzene rings is 3. The van der Waals surface area contributed by atoms with E-state index in [1.54, 1.807) is 0 Å². The van der Waals surface area contributed by atoms with Crippen LogP contribution in [0.2, 0.25) is 0 Å². The van der Waals surface area contributed by atoms with E-state index in [1.807, 2.05) is 7.05 Å². The second-order valence-electron chi connectivity index (χ2n) is 6.38. The van der Waals surface area contributed by atoms with Gasteiger partial charge in [-0.25, -0.2) is 0 Å². The van der Waals surface area contributed by atoms with Crippen molar-refractivity contribution < 1.29 is 0 Å². The van der Waals surface area contributed by atoms with E-state index >= 15 is 0 Å². The summed E-state index contributed by atoms with van der Waals surface area (Å²) in [4.78, 5) is 2.41. The lowest BCUT2D eigenvalue weighted by Gasteiger charge is -2.46. The lowest BCUT2D eigenvalue weighted by molar-refractivity contribution is 0.128. The fourth-order valence-corrected chi connectivity index (χ4v) is 3.63. The van der Waals surface area contributed by atoms with Crippen LogP contribution in [0.1, 0.15) is 23.6 Å². The minimum Gasteiger partial charge on any atom is -0.305 e. The Hall–Kier alpha value is -2.42. The van der Waals surface area contributed by atoms with Gasteiger partial charge in [0.15, 0.2) is 0 Å². The molecule has 0 spiro atoms. The molecule has 1 atom stereocenters. The Balaban J connectivity index is 2.36. The number of rotatable bonds is 6. The molecule has 0 amide bonds. The van der Waals surface area contributed by atoms with Crippen molar-refractivity contribution in [2.24, 2.45) is 0 Å². The maximum Gasteiger partial charge on any atom is 0.0982 e. The van der Waals surface area contributed by atoms with Gasteiger partial charge < -0.3 is 5.32 Å². The third-order valence-electron chi connectivity index (χ3n) is 5.10. The number of nitrogens with one attached hydrogen (secondary N) is 1. The zero-order valence-electron chi connectivity index (χ0n) is 15.2. The minimum atomic E-state index is -0.369. The van der Waals surface area contributed by atoms with E-state index in [9.17, 15) is 0 Å². The van der Waals surface area contributed by atoms with E-state index in [1.165, 1.54) is 16.7 Å². The highest BCUT2D eigenvalue weighted by molar-refractivity contribution is 5.49. The van der Waals surface area contributed by atoms with Gasteiger partial charge in [-0.1, -0.05) is 91.0 Å². The first-order chi connectivity index (χ1) is 12.2. The van der Waals surface area contributed by atoms with Gasteiger partial charge in [-0.3, -0.25) is 4.90 Å². The summed E-state index contributed by atoms with van der Waals surface area (Å²) in [5.74, 6) is 0. The topological polar surface area (TPSA) is 15.3 Å². The summed E-state index contributed by atoms with van der Waals surface area (Å²) in [6, 6.07) is 32.3. The van der Waals surface area contributed by atoms with Gasteiger partial charge in [-0.05, 0) is 37.7 Å². The molecule has 25 heavy (non-hydrogen) atoms. The van der Waals surface area contributed by atoms with Gasteiger partial charge in [0.05, 0.1) is 11.7 Å². The second-order valence-corrected chi connectivity index (χ2v) is 6.38. The largest absolute Gasteiger partial charge is 0.305 e. The summed E-state index contributed by atoms with van der Waals surface area (Å²) < 4.78 is 0. The van der Waals surface area contributed by atoms with Crippen molar-refractivity contribution in [3.8, 4) is 0 Å². The molecule has 2 nitrogen and oxygen atoms in total. The predicted octanol–water partition coefficient (Wildman–Crippen LogP) is 4.48. The van der Waals surface area contributed by atoms with Crippen molar-refractivity contribution in [3.63, 3.8) is 0 Å². The molecule has 3 aromatic rings. The van der Waals surface area contributed by atoms with E-state index in [4.69, 9.17) is 0 Å². The first-order valence-electron chi connectivity index (χ1n) is 8.78. The second kappa shape index (κ2) is 7.64. The molecule has 3 aromatic carbocycles. The Labute approximate surface area is 151 Å². The van der Waals surface area contributed by atoms with Crippen LogP contribution in [0.25, 0.3) is 0 Å². The zero-order chi connectivity index (χ0) is 17.7. The Morgan fingerprint density at radius 2 is 1.00 bits per heavy atom. The molecule has 128 valence electrons. The highest BCUT2D eigenvalue weighted by atomic mass is 15.3. The van der Waals surface area contributed by atoms with Gasteiger partial charge in [0.1, 0.15) is 0 Å². The van der Waals surface area contributed by atoms with E-state index in [2.05, 4.69) is 115 Å². The standard InChI is InChI=1S/C23H26N2/c1-19(24-2)25(3)23(20-13-7-4-8-14-20,21-15-9-5-10-16-21)22-17-11-6-12-18-22/h4-19,24H,1-3H3.